The Hall–Kier alpha value is -0.370. The molecule has 0 aromatic carbocycles. The van der Waals surface area contributed by atoms with Crippen LogP contribution in [0.2, 0.25) is 0 Å². The number of Topliss-reactive ketones (excluding diaryl/α,β-unsaturated/α-hetero) is 1. The SMILES string of the molecule is CC(C)(C)C1CCC(=O)C(CC2(O)CCCCC2)C1. The maximum absolute atomic E-state index is 12.2. The smallest absolute Gasteiger partial charge is 0.136 e. The van der Waals surface area contributed by atoms with E-state index < -0.39 is 5.60 Å². The van der Waals surface area contributed by atoms with E-state index in [1.165, 1.54) is 6.42 Å². The van der Waals surface area contributed by atoms with Crippen molar-refractivity contribution in [3.8, 4) is 0 Å². The van der Waals surface area contributed by atoms with Gasteiger partial charge in [0.25, 0.3) is 0 Å². The lowest BCUT2D eigenvalue weighted by atomic mass is 9.65. The van der Waals surface area contributed by atoms with Crippen LogP contribution in [0.1, 0.15) is 78.6 Å². The largest absolute Gasteiger partial charge is 0.390 e. The number of carbonyl (C=O) groups is 1. The van der Waals surface area contributed by atoms with Crippen LogP contribution in [0.25, 0.3) is 0 Å². The summed E-state index contributed by atoms with van der Waals surface area (Å²) < 4.78 is 0. The van der Waals surface area contributed by atoms with Crippen molar-refractivity contribution in [2.45, 2.75) is 84.2 Å². The highest BCUT2D eigenvalue weighted by molar-refractivity contribution is 5.81. The average molecular weight is 266 g/mol. The van der Waals surface area contributed by atoms with Crippen molar-refractivity contribution in [2.75, 3.05) is 0 Å². The number of carbonyl (C=O) groups excluding carboxylic acids is 1. The molecule has 2 unspecified atom stereocenters. The Morgan fingerprint density at radius 2 is 1.84 bits per heavy atom. The zero-order valence-corrected chi connectivity index (χ0v) is 12.9. The number of rotatable bonds is 2. The summed E-state index contributed by atoms with van der Waals surface area (Å²) in [5, 5.41) is 10.7. The van der Waals surface area contributed by atoms with Crippen LogP contribution in [0.4, 0.5) is 0 Å². The van der Waals surface area contributed by atoms with Crippen LogP contribution in [0.15, 0.2) is 0 Å². The maximum Gasteiger partial charge on any atom is 0.136 e. The first kappa shape index (κ1) is 15.0. The van der Waals surface area contributed by atoms with Crippen molar-refractivity contribution in [3.63, 3.8) is 0 Å². The molecule has 2 fully saturated rings. The van der Waals surface area contributed by atoms with E-state index in [0.717, 1.165) is 51.4 Å². The van der Waals surface area contributed by atoms with Crippen molar-refractivity contribution >= 4 is 5.78 Å². The molecular formula is C17H30O2. The predicted octanol–water partition coefficient (Wildman–Crippen LogP) is 4.10. The van der Waals surface area contributed by atoms with Crippen LogP contribution in [0.3, 0.4) is 0 Å². The summed E-state index contributed by atoms with van der Waals surface area (Å²) in [6, 6.07) is 0. The van der Waals surface area contributed by atoms with E-state index >= 15 is 0 Å². The highest BCUT2D eigenvalue weighted by atomic mass is 16.3. The van der Waals surface area contributed by atoms with Crippen LogP contribution in [0.5, 0.6) is 0 Å². The molecule has 2 atom stereocenters. The van der Waals surface area contributed by atoms with Crippen molar-refractivity contribution < 1.29 is 9.90 Å². The highest BCUT2D eigenvalue weighted by Crippen LogP contribution is 2.43. The Kier molecular flexibility index (Phi) is 4.39. The summed E-state index contributed by atoms with van der Waals surface area (Å²) in [6.07, 6.45) is 8.77. The topological polar surface area (TPSA) is 37.3 Å². The molecule has 0 radical (unpaired) electrons. The lowest BCUT2D eigenvalue weighted by molar-refractivity contribution is -0.130. The molecule has 2 aliphatic rings. The van der Waals surface area contributed by atoms with Gasteiger partial charge in [0.1, 0.15) is 5.78 Å². The number of aliphatic hydroxyl groups is 1. The standard InChI is InChI=1S/C17H30O2/c1-16(2,3)14-7-8-15(18)13(11-14)12-17(19)9-5-4-6-10-17/h13-14,19H,4-12H2,1-3H3. The first-order chi connectivity index (χ1) is 8.80. The molecule has 0 aromatic rings. The fourth-order valence-corrected chi connectivity index (χ4v) is 3.97. The minimum absolute atomic E-state index is 0.112. The van der Waals surface area contributed by atoms with Gasteiger partial charge in [-0.25, -0.2) is 0 Å². The summed E-state index contributed by atoms with van der Waals surface area (Å²) in [6.45, 7) is 6.83. The van der Waals surface area contributed by atoms with Gasteiger partial charge < -0.3 is 5.11 Å². The Balaban J connectivity index is 1.99. The van der Waals surface area contributed by atoms with Crippen molar-refractivity contribution in [1.29, 1.82) is 0 Å². The van der Waals surface area contributed by atoms with Crippen molar-refractivity contribution in [2.24, 2.45) is 17.3 Å². The molecule has 110 valence electrons. The molecule has 1 N–H and O–H groups in total. The van der Waals surface area contributed by atoms with Crippen LogP contribution in [-0.2, 0) is 4.79 Å². The van der Waals surface area contributed by atoms with Crippen LogP contribution in [-0.4, -0.2) is 16.5 Å². The third-order valence-corrected chi connectivity index (χ3v) is 5.40. The molecule has 0 aromatic heterocycles. The summed E-state index contributed by atoms with van der Waals surface area (Å²) in [4.78, 5) is 12.2. The molecule has 0 aliphatic heterocycles. The average Bonchev–Trinajstić information content (AvgIpc) is 2.31. The van der Waals surface area contributed by atoms with Gasteiger partial charge in [0.05, 0.1) is 5.60 Å². The third kappa shape index (κ3) is 3.81. The molecule has 2 heteroatoms. The van der Waals surface area contributed by atoms with Crippen molar-refractivity contribution in [1.82, 2.24) is 0 Å². The van der Waals surface area contributed by atoms with Gasteiger partial charge in [-0.2, -0.15) is 0 Å². The Labute approximate surface area is 118 Å². The molecule has 2 saturated carbocycles. The summed E-state index contributed by atoms with van der Waals surface area (Å²) >= 11 is 0. The van der Waals surface area contributed by atoms with Gasteiger partial charge in [-0.05, 0) is 43.4 Å². The van der Waals surface area contributed by atoms with Crippen molar-refractivity contribution in [3.05, 3.63) is 0 Å². The van der Waals surface area contributed by atoms with Gasteiger partial charge in [-0.3, -0.25) is 4.79 Å². The van der Waals surface area contributed by atoms with E-state index in [1.54, 1.807) is 0 Å². The molecule has 2 nitrogen and oxygen atoms in total. The summed E-state index contributed by atoms with van der Waals surface area (Å²) in [5.74, 6) is 1.14. The van der Waals surface area contributed by atoms with Crippen LogP contribution < -0.4 is 0 Å². The lowest BCUT2D eigenvalue weighted by Crippen LogP contribution is -2.39. The molecule has 0 heterocycles. The van der Waals surface area contributed by atoms with E-state index in [0.29, 0.717) is 11.7 Å². The highest BCUT2D eigenvalue weighted by Gasteiger charge is 2.39. The Morgan fingerprint density at radius 1 is 1.21 bits per heavy atom. The Bertz CT molecular complexity index is 321. The van der Waals surface area contributed by atoms with Gasteiger partial charge in [-0.1, -0.05) is 40.0 Å². The number of hydrogen-bond acceptors (Lipinski definition) is 2. The second-order valence-corrected chi connectivity index (χ2v) is 7.99. The first-order valence-electron chi connectivity index (χ1n) is 8.05. The molecule has 0 bridgehead atoms. The van der Waals surface area contributed by atoms with E-state index in [1.807, 2.05) is 0 Å². The molecule has 19 heavy (non-hydrogen) atoms. The van der Waals surface area contributed by atoms with Gasteiger partial charge in [-0.15, -0.1) is 0 Å². The zero-order valence-electron chi connectivity index (χ0n) is 12.9. The molecule has 2 rings (SSSR count). The van der Waals surface area contributed by atoms with Gasteiger partial charge in [0.2, 0.25) is 0 Å². The van der Waals surface area contributed by atoms with Gasteiger partial charge in [0, 0.05) is 12.3 Å². The molecule has 0 spiro atoms. The second-order valence-electron chi connectivity index (χ2n) is 7.99. The van der Waals surface area contributed by atoms with E-state index in [4.69, 9.17) is 0 Å². The minimum Gasteiger partial charge on any atom is -0.390 e. The minimum atomic E-state index is -0.543. The number of hydrogen-bond donors (Lipinski definition) is 1. The van der Waals surface area contributed by atoms with E-state index in [2.05, 4.69) is 20.8 Å². The fourth-order valence-electron chi connectivity index (χ4n) is 3.97. The molecule has 0 amide bonds. The maximum atomic E-state index is 12.2. The van der Waals surface area contributed by atoms with Crippen LogP contribution in [0, 0.1) is 17.3 Å². The monoisotopic (exact) mass is 266 g/mol. The fraction of sp³-hybridized carbons (Fsp3) is 0.941. The normalized spacial score (nSPS) is 32.3. The zero-order chi connectivity index (χ0) is 14.1. The number of ketones is 1. The first-order valence-corrected chi connectivity index (χ1v) is 8.05. The summed E-state index contributed by atoms with van der Waals surface area (Å²) in [5.41, 5.74) is -0.257. The lowest BCUT2D eigenvalue weighted by Gasteiger charge is -2.41. The van der Waals surface area contributed by atoms with Crippen LogP contribution >= 0.6 is 0 Å². The molecule has 0 saturated heterocycles. The van der Waals surface area contributed by atoms with E-state index in [9.17, 15) is 9.90 Å². The second kappa shape index (κ2) is 5.55. The summed E-state index contributed by atoms with van der Waals surface area (Å²) in [7, 11) is 0. The third-order valence-electron chi connectivity index (χ3n) is 5.40. The molecular weight excluding hydrogens is 236 g/mol. The quantitative estimate of drug-likeness (QED) is 0.817. The predicted molar refractivity (Wildman–Crippen MR) is 77.9 cm³/mol. The van der Waals surface area contributed by atoms with E-state index in [-0.39, 0.29) is 11.3 Å². The van der Waals surface area contributed by atoms with Gasteiger partial charge in [0.15, 0.2) is 0 Å². The Morgan fingerprint density at radius 3 is 2.42 bits per heavy atom. The molecule has 2 aliphatic carbocycles. The van der Waals surface area contributed by atoms with Gasteiger partial charge >= 0.3 is 0 Å².